The third-order valence-electron chi connectivity index (χ3n) is 4.82. The summed E-state index contributed by atoms with van der Waals surface area (Å²) in [4.78, 5) is 12.4. The van der Waals surface area contributed by atoms with Crippen LogP contribution in [0, 0.1) is 6.92 Å². The molecule has 0 radical (unpaired) electrons. The van der Waals surface area contributed by atoms with Crippen molar-refractivity contribution < 1.29 is 9.53 Å². The van der Waals surface area contributed by atoms with E-state index < -0.39 is 0 Å². The quantitative estimate of drug-likeness (QED) is 0.239. The molecule has 0 spiro atoms. The summed E-state index contributed by atoms with van der Waals surface area (Å²) in [6.45, 7) is 2.04. The number of rotatable bonds is 8. The largest absolute Gasteiger partial charge is 0.496 e. The van der Waals surface area contributed by atoms with Crippen molar-refractivity contribution in [2.45, 2.75) is 12.1 Å². The Morgan fingerprint density at radius 3 is 2.52 bits per heavy atom. The summed E-state index contributed by atoms with van der Waals surface area (Å²) in [6.07, 6.45) is 1.56. The molecule has 7 nitrogen and oxygen atoms in total. The van der Waals surface area contributed by atoms with Gasteiger partial charge in [-0.1, -0.05) is 71.9 Å². The highest BCUT2D eigenvalue weighted by atomic mass is 32.2. The van der Waals surface area contributed by atoms with Gasteiger partial charge in [-0.2, -0.15) is 5.10 Å². The van der Waals surface area contributed by atoms with E-state index in [0.717, 1.165) is 22.6 Å². The highest BCUT2D eigenvalue weighted by Crippen LogP contribution is 2.28. The minimum absolute atomic E-state index is 0.141. The highest BCUT2D eigenvalue weighted by Gasteiger charge is 2.17. The van der Waals surface area contributed by atoms with Gasteiger partial charge in [0.2, 0.25) is 0 Å². The molecule has 0 saturated carbocycles. The standard InChI is InChI=1S/C25H23N5O2S/c1-18-12-14-19(15-13-18)24-28-29-25(30(24)21-9-4-3-5-10-21)33-17-23(31)27-26-16-20-8-6-7-11-22(20)32-2/h3-16H,17H2,1-2H3,(H,27,31)/b26-16+. The number of carbonyl (C=O) groups excluding carboxylic acids is 1. The SMILES string of the molecule is COc1ccccc1/C=N/NC(=O)CSc1nnc(-c2ccc(C)cc2)n1-c1ccccc1. The highest BCUT2D eigenvalue weighted by molar-refractivity contribution is 7.99. The summed E-state index contributed by atoms with van der Waals surface area (Å²) in [6, 6.07) is 25.4. The fraction of sp³-hybridized carbons (Fsp3) is 0.120. The van der Waals surface area contributed by atoms with E-state index in [9.17, 15) is 4.79 Å². The summed E-state index contributed by atoms with van der Waals surface area (Å²) in [5.41, 5.74) is 6.38. The monoisotopic (exact) mass is 457 g/mol. The molecule has 3 aromatic carbocycles. The number of hydrazone groups is 1. The Balaban J connectivity index is 1.49. The van der Waals surface area contributed by atoms with Gasteiger partial charge >= 0.3 is 0 Å². The van der Waals surface area contributed by atoms with E-state index in [1.165, 1.54) is 17.3 Å². The van der Waals surface area contributed by atoms with Gasteiger partial charge in [0.15, 0.2) is 11.0 Å². The molecule has 166 valence electrons. The van der Waals surface area contributed by atoms with Crippen LogP contribution in [0.25, 0.3) is 17.1 Å². The molecule has 0 unspecified atom stereocenters. The first-order chi connectivity index (χ1) is 16.2. The molecule has 33 heavy (non-hydrogen) atoms. The average molecular weight is 458 g/mol. The number of amides is 1. The van der Waals surface area contributed by atoms with Crippen LogP contribution >= 0.6 is 11.8 Å². The molecular formula is C25H23N5O2S. The van der Waals surface area contributed by atoms with Gasteiger partial charge in [0.1, 0.15) is 5.75 Å². The van der Waals surface area contributed by atoms with Gasteiger partial charge in [-0.25, -0.2) is 5.43 Å². The van der Waals surface area contributed by atoms with Crippen LogP contribution in [-0.4, -0.2) is 39.7 Å². The molecule has 0 atom stereocenters. The lowest BCUT2D eigenvalue weighted by Gasteiger charge is -2.10. The van der Waals surface area contributed by atoms with Crippen molar-refractivity contribution in [3.8, 4) is 22.8 Å². The van der Waals surface area contributed by atoms with Crippen molar-refractivity contribution in [3.63, 3.8) is 0 Å². The van der Waals surface area contributed by atoms with E-state index in [2.05, 4.69) is 20.7 Å². The molecule has 0 saturated heterocycles. The first kappa shape index (κ1) is 22.3. The zero-order chi connectivity index (χ0) is 23.0. The number of hydrogen-bond donors (Lipinski definition) is 1. The van der Waals surface area contributed by atoms with E-state index in [4.69, 9.17) is 4.74 Å². The molecule has 4 rings (SSSR count). The summed E-state index contributed by atoms with van der Waals surface area (Å²) < 4.78 is 7.24. The van der Waals surface area contributed by atoms with Crippen LogP contribution in [0.3, 0.4) is 0 Å². The van der Waals surface area contributed by atoms with E-state index in [1.807, 2.05) is 90.4 Å². The maximum atomic E-state index is 12.4. The van der Waals surface area contributed by atoms with Crippen LogP contribution in [0.1, 0.15) is 11.1 Å². The molecule has 0 bridgehead atoms. The van der Waals surface area contributed by atoms with Crippen molar-refractivity contribution in [1.82, 2.24) is 20.2 Å². The number of para-hydroxylation sites is 2. The molecule has 0 fully saturated rings. The number of ether oxygens (including phenoxy) is 1. The molecule has 1 amide bonds. The van der Waals surface area contributed by atoms with Gasteiger partial charge in [0, 0.05) is 16.8 Å². The Labute approximate surface area is 196 Å². The third kappa shape index (κ3) is 5.48. The molecule has 0 aliphatic rings. The number of nitrogens with zero attached hydrogens (tertiary/aromatic N) is 4. The van der Waals surface area contributed by atoms with Crippen molar-refractivity contribution in [1.29, 1.82) is 0 Å². The Bertz CT molecular complexity index is 1250. The number of benzene rings is 3. The first-order valence-corrected chi connectivity index (χ1v) is 11.3. The van der Waals surface area contributed by atoms with Crippen LogP contribution < -0.4 is 10.2 Å². The van der Waals surface area contributed by atoms with Crippen molar-refractivity contribution >= 4 is 23.9 Å². The molecule has 1 heterocycles. The second kappa shape index (κ2) is 10.6. The number of nitrogens with one attached hydrogen (secondary N) is 1. The minimum atomic E-state index is -0.245. The molecular weight excluding hydrogens is 434 g/mol. The van der Waals surface area contributed by atoms with E-state index in [1.54, 1.807) is 13.3 Å². The van der Waals surface area contributed by atoms with Crippen LogP contribution in [0.5, 0.6) is 5.75 Å². The van der Waals surface area contributed by atoms with Crippen molar-refractivity contribution in [3.05, 3.63) is 90.0 Å². The van der Waals surface area contributed by atoms with Gasteiger partial charge in [-0.3, -0.25) is 9.36 Å². The van der Waals surface area contributed by atoms with Crippen LogP contribution in [0.4, 0.5) is 0 Å². The van der Waals surface area contributed by atoms with E-state index in [-0.39, 0.29) is 11.7 Å². The average Bonchev–Trinajstić information content (AvgIpc) is 3.28. The zero-order valence-electron chi connectivity index (χ0n) is 18.3. The number of methoxy groups -OCH3 is 1. The van der Waals surface area contributed by atoms with Crippen LogP contribution in [-0.2, 0) is 4.79 Å². The minimum Gasteiger partial charge on any atom is -0.496 e. The Morgan fingerprint density at radius 2 is 1.76 bits per heavy atom. The number of thioether (sulfide) groups is 1. The molecule has 0 aliphatic heterocycles. The molecule has 4 aromatic rings. The first-order valence-electron chi connectivity index (χ1n) is 10.3. The van der Waals surface area contributed by atoms with Gasteiger partial charge in [-0.15, -0.1) is 10.2 Å². The fourth-order valence-electron chi connectivity index (χ4n) is 3.17. The Kier molecular flexibility index (Phi) is 7.16. The Hall–Kier alpha value is -3.91. The predicted octanol–water partition coefficient (Wildman–Crippen LogP) is 4.49. The lowest BCUT2D eigenvalue weighted by atomic mass is 10.1. The van der Waals surface area contributed by atoms with Crippen molar-refractivity contribution in [2.24, 2.45) is 5.10 Å². The van der Waals surface area contributed by atoms with Crippen molar-refractivity contribution in [2.75, 3.05) is 12.9 Å². The molecule has 1 N–H and O–H groups in total. The summed E-state index contributed by atoms with van der Waals surface area (Å²) >= 11 is 1.30. The molecule has 0 aliphatic carbocycles. The summed E-state index contributed by atoms with van der Waals surface area (Å²) in [7, 11) is 1.59. The van der Waals surface area contributed by atoms with Gasteiger partial charge in [0.25, 0.3) is 5.91 Å². The number of aryl methyl sites for hydroxylation is 1. The fourth-order valence-corrected chi connectivity index (χ4v) is 3.92. The molecule has 1 aromatic heterocycles. The Morgan fingerprint density at radius 1 is 1.03 bits per heavy atom. The second-order valence-electron chi connectivity index (χ2n) is 7.17. The smallest absolute Gasteiger partial charge is 0.250 e. The maximum Gasteiger partial charge on any atom is 0.250 e. The lowest BCUT2D eigenvalue weighted by molar-refractivity contribution is -0.118. The normalized spacial score (nSPS) is 11.0. The third-order valence-corrected chi connectivity index (χ3v) is 5.75. The number of hydrogen-bond acceptors (Lipinski definition) is 6. The summed E-state index contributed by atoms with van der Waals surface area (Å²) in [5.74, 6) is 1.30. The van der Waals surface area contributed by atoms with E-state index in [0.29, 0.717) is 10.9 Å². The number of carbonyl (C=O) groups is 1. The number of aromatic nitrogens is 3. The molecule has 8 heteroatoms. The summed E-state index contributed by atoms with van der Waals surface area (Å²) in [5, 5.41) is 13.4. The maximum absolute atomic E-state index is 12.4. The second-order valence-corrected chi connectivity index (χ2v) is 8.11. The lowest BCUT2D eigenvalue weighted by Crippen LogP contribution is -2.20. The zero-order valence-corrected chi connectivity index (χ0v) is 19.1. The van der Waals surface area contributed by atoms with Crippen LogP contribution in [0.2, 0.25) is 0 Å². The van der Waals surface area contributed by atoms with Gasteiger partial charge in [0.05, 0.1) is 19.1 Å². The van der Waals surface area contributed by atoms with E-state index >= 15 is 0 Å². The predicted molar refractivity (Wildman–Crippen MR) is 131 cm³/mol. The van der Waals surface area contributed by atoms with Gasteiger partial charge in [-0.05, 0) is 31.2 Å². The van der Waals surface area contributed by atoms with Crippen LogP contribution in [0.15, 0.2) is 89.1 Å². The van der Waals surface area contributed by atoms with Gasteiger partial charge < -0.3 is 4.74 Å². The topological polar surface area (TPSA) is 81.4 Å².